The molecule has 13 aromatic rings. The number of rotatable bonds is 8. The molecule has 0 fully saturated rings. The van der Waals surface area contributed by atoms with Crippen molar-refractivity contribution in [2.24, 2.45) is 0 Å². The van der Waals surface area contributed by atoms with Gasteiger partial charge in [-0.2, -0.15) is 9.97 Å². The standard InChI is InChI=1S/C63H41N5/c1-4-19-42(20-5-1)45-25-16-26-46(39-45)47-37-38-59(67-56-34-13-10-29-51(56)52-30-11-14-35-57(52)67)55(41-47)48-27-17-28-49(40-48)62-64-61(44-23-8-3-9-24-44)65-63(66-62)68-58-36-15-12-31-53(58)54-33-18-32-50(60(54)68)43-21-6-2-7-22-43/h1-41H. The van der Waals surface area contributed by atoms with Crippen LogP contribution < -0.4 is 0 Å². The highest BCUT2D eigenvalue weighted by Crippen LogP contribution is 2.41. The zero-order valence-electron chi connectivity index (χ0n) is 36.9. The van der Waals surface area contributed by atoms with E-state index in [1.165, 1.54) is 21.9 Å². The van der Waals surface area contributed by atoms with Gasteiger partial charge in [-0.05, 0) is 75.8 Å². The Balaban J connectivity index is 1.04. The molecule has 0 aliphatic heterocycles. The number of benzene rings is 10. The Morgan fingerprint density at radius 3 is 1.35 bits per heavy atom. The molecule has 10 aromatic carbocycles. The van der Waals surface area contributed by atoms with Crippen LogP contribution in [0.25, 0.3) is 123 Å². The van der Waals surface area contributed by atoms with E-state index in [9.17, 15) is 0 Å². The van der Waals surface area contributed by atoms with Crippen LogP contribution in [0.2, 0.25) is 0 Å². The van der Waals surface area contributed by atoms with Gasteiger partial charge in [0.1, 0.15) is 0 Å². The van der Waals surface area contributed by atoms with Crippen molar-refractivity contribution in [1.82, 2.24) is 24.1 Å². The molecule has 0 bridgehead atoms. The molecular weight excluding hydrogens is 827 g/mol. The number of nitrogens with zero attached hydrogens (tertiary/aromatic N) is 5. The van der Waals surface area contributed by atoms with Gasteiger partial charge in [-0.1, -0.05) is 206 Å². The van der Waals surface area contributed by atoms with E-state index in [-0.39, 0.29) is 0 Å². The van der Waals surface area contributed by atoms with Crippen molar-refractivity contribution in [3.05, 3.63) is 249 Å². The first kappa shape index (κ1) is 39.2. The average molecular weight is 868 g/mol. The van der Waals surface area contributed by atoms with Gasteiger partial charge >= 0.3 is 0 Å². The second-order valence-electron chi connectivity index (χ2n) is 17.2. The van der Waals surface area contributed by atoms with E-state index in [0.29, 0.717) is 17.6 Å². The summed E-state index contributed by atoms with van der Waals surface area (Å²) in [5.41, 5.74) is 16.3. The third-order valence-corrected chi connectivity index (χ3v) is 13.2. The highest BCUT2D eigenvalue weighted by molar-refractivity contribution is 6.14. The van der Waals surface area contributed by atoms with E-state index < -0.39 is 0 Å². The molecule has 3 aromatic heterocycles. The summed E-state index contributed by atoms with van der Waals surface area (Å²) in [5, 5.41) is 4.71. The van der Waals surface area contributed by atoms with Crippen molar-refractivity contribution in [3.8, 4) is 78.9 Å². The highest BCUT2D eigenvalue weighted by Gasteiger charge is 2.22. The summed E-state index contributed by atoms with van der Waals surface area (Å²) in [6.45, 7) is 0. The first-order valence-corrected chi connectivity index (χ1v) is 23.0. The SMILES string of the molecule is c1ccc(-c2cccc(-c3ccc(-n4c5ccccc5c5ccccc54)c(-c4cccc(-c5nc(-c6ccccc6)nc(-n6c7ccccc7c7cccc(-c8ccccc8)c76)n5)c4)c3)c2)cc1. The zero-order valence-corrected chi connectivity index (χ0v) is 36.9. The molecule has 5 heteroatoms. The van der Waals surface area contributed by atoms with Crippen molar-refractivity contribution < 1.29 is 0 Å². The van der Waals surface area contributed by atoms with Gasteiger partial charge < -0.3 is 4.57 Å². The lowest BCUT2D eigenvalue weighted by molar-refractivity contribution is 0.954. The maximum atomic E-state index is 5.43. The summed E-state index contributed by atoms with van der Waals surface area (Å²) >= 11 is 0. The van der Waals surface area contributed by atoms with Crippen LogP contribution in [0, 0.1) is 0 Å². The largest absolute Gasteiger partial charge is 0.309 e. The fourth-order valence-electron chi connectivity index (χ4n) is 10.0. The third kappa shape index (κ3) is 6.68. The predicted octanol–water partition coefficient (Wildman–Crippen LogP) is 16.1. The molecule has 0 atom stereocenters. The number of fused-ring (bicyclic) bond motifs is 6. The number of para-hydroxylation sites is 4. The third-order valence-electron chi connectivity index (χ3n) is 13.2. The summed E-state index contributed by atoms with van der Waals surface area (Å²) in [4.78, 5) is 16.0. The fourth-order valence-corrected chi connectivity index (χ4v) is 10.0. The normalized spacial score (nSPS) is 11.5. The molecular formula is C63H41N5. The Morgan fingerprint density at radius 2 is 0.691 bits per heavy atom. The van der Waals surface area contributed by atoms with Crippen LogP contribution in [0.5, 0.6) is 0 Å². The quantitative estimate of drug-likeness (QED) is 0.153. The second kappa shape index (κ2) is 16.4. The zero-order chi connectivity index (χ0) is 45.0. The summed E-state index contributed by atoms with van der Waals surface area (Å²) in [6, 6.07) is 88.3. The molecule has 0 spiro atoms. The topological polar surface area (TPSA) is 48.5 Å². The highest BCUT2D eigenvalue weighted by atomic mass is 15.2. The molecule has 13 rings (SSSR count). The summed E-state index contributed by atoms with van der Waals surface area (Å²) < 4.78 is 4.64. The lowest BCUT2D eigenvalue weighted by Crippen LogP contribution is -2.07. The molecule has 0 unspecified atom stereocenters. The van der Waals surface area contributed by atoms with Gasteiger partial charge in [0.2, 0.25) is 5.95 Å². The van der Waals surface area contributed by atoms with Crippen LogP contribution in [0.15, 0.2) is 249 Å². The van der Waals surface area contributed by atoms with Crippen molar-refractivity contribution in [2.75, 3.05) is 0 Å². The Bertz CT molecular complexity index is 3970. The summed E-state index contributed by atoms with van der Waals surface area (Å²) in [7, 11) is 0. The lowest BCUT2D eigenvalue weighted by Gasteiger charge is -2.17. The minimum Gasteiger partial charge on any atom is -0.309 e. The van der Waals surface area contributed by atoms with Gasteiger partial charge in [0.05, 0.1) is 27.8 Å². The van der Waals surface area contributed by atoms with Gasteiger partial charge in [-0.15, -0.1) is 0 Å². The van der Waals surface area contributed by atoms with Crippen LogP contribution in [0.1, 0.15) is 0 Å². The maximum Gasteiger partial charge on any atom is 0.238 e. The van der Waals surface area contributed by atoms with E-state index in [1.54, 1.807) is 0 Å². The van der Waals surface area contributed by atoms with Gasteiger partial charge in [0.15, 0.2) is 11.6 Å². The molecule has 0 aliphatic carbocycles. The predicted molar refractivity (Wildman–Crippen MR) is 281 cm³/mol. The van der Waals surface area contributed by atoms with Gasteiger partial charge in [-0.25, -0.2) is 4.98 Å². The van der Waals surface area contributed by atoms with Crippen molar-refractivity contribution in [3.63, 3.8) is 0 Å². The van der Waals surface area contributed by atoms with Crippen LogP contribution in [-0.4, -0.2) is 24.1 Å². The Morgan fingerprint density at radius 1 is 0.250 bits per heavy atom. The lowest BCUT2D eigenvalue weighted by atomic mass is 9.94. The molecule has 0 aliphatic rings. The molecule has 0 radical (unpaired) electrons. The monoisotopic (exact) mass is 867 g/mol. The van der Waals surface area contributed by atoms with E-state index in [2.05, 4.69) is 240 Å². The molecule has 5 nitrogen and oxygen atoms in total. The Labute approximate surface area is 393 Å². The molecule has 0 amide bonds. The Kier molecular flexibility index (Phi) is 9.43. The maximum absolute atomic E-state index is 5.43. The van der Waals surface area contributed by atoms with Crippen LogP contribution in [0.3, 0.4) is 0 Å². The minimum atomic E-state index is 0.556. The molecule has 0 saturated carbocycles. The second-order valence-corrected chi connectivity index (χ2v) is 17.2. The average Bonchev–Trinajstić information content (AvgIpc) is 3.95. The molecule has 0 N–H and O–H groups in total. The van der Waals surface area contributed by atoms with Gasteiger partial charge in [-0.3, -0.25) is 4.57 Å². The molecule has 68 heavy (non-hydrogen) atoms. The first-order chi connectivity index (χ1) is 33.7. The van der Waals surface area contributed by atoms with E-state index in [4.69, 9.17) is 15.0 Å². The van der Waals surface area contributed by atoms with Crippen LogP contribution in [-0.2, 0) is 0 Å². The van der Waals surface area contributed by atoms with Crippen molar-refractivity contribution in [1.29, 1.82) is 0 Å². The smallest absolute Gasteiger partial charge is 0.238 e. The van der Waals surface area contributed by atoms with Gasteiger partial charge in [0.25, 0.3) is 0 Å². The number of hydrogen-bond acceptors (Lipinski definition) is 3. The van der Waals surface area contributed by atoms with E-state index in [1.807, 2.05) is 18.2 Å². The van der Waals surface area contributed by atoms with Gasteiger partial charge in [0, 0.05) is 43.8 Å². The fraction of sp³-hybridized carbons (Fsp3) is 0. The summed E-state index contributed by atoms with van der Waals surface area (Å²) in [6.07, 6.45) is 0. The minimum absolute atomic E-state index is 0.556. The molecule has 0 saturated heterocycles. The van der Waals surface area contributed by atoms with Crippen molar-refractivity contribution >= 4 is 43.6 Å². The van der Waals surface area contributed by atoms with E-state index >= 15 is 0 Å². The first-order valence-electron chi connectivity index (χ1n) is 23.0. The van der Waals surface area contributed by atoms with E-state index in [0.717, 1.165) is 83.0 Å². The summed E-state index contributed by atoms with van der Waals surface area (Å²) in [5.74, 6) is 1.74. The Hall–Kier alpha value is -9.19. The van der Waals surface area contributed by atoms with Crippen LogP contribution >= 0.6 is 0 Å². The van der Waals surface area contributed by atoms with Crippen molar-refractivity contribution in [2.45, 2.75) is 0 Å². The molecule has 3 heterocycles. The molecule has 318 valence electrons. The van der Waals surface area contributed by atoms with Crippen LogP contribution in [0.4, 0.5) is 0 Å². The number of aromatic nitrogens is 5. The number of hydrogen-bond donors (Lipinski definition) is 0.